The number of piperazine rings is 1. The van der Waals surface area contributed by atoms with Crippen molar-refractivity contribution in [1.82, 2.24) is 10.2 Å². The lowest BCUT2D eigenvalue weighted by molar-refractivity contribution is 0.158. The van der Waals surface area contributed by atoms with Crippen LogP contribution in [-0.4, -0.2) is 37.8 Å². The number of rotatable bonds is 4. The van der Waals surface area contributed by atoms with Gasteiger partial charge in [-0.2, -0.15) is 0 Å². The third-order valence-corrected chi connectivity index (χ3v) is 5.90. The predicted octanol–water partition coefficient (Wildman–Crippen LogP) is 4.89. The van der Waals surface area contributed by atoms with Gasteiger partial charge < -0.3 is 5.32 Å². The molecule has 0 aliphatic carbocycles. The SMILES string of the molecule is FCC[C@H](c1ccc2ccc3cccc4ccc1c2c34)N1CCNCC1. The maximum atomic E-state index is 13.4. The Labute approximate surface area is 152 Å². The molecule has 0 aromatic heterocycles. The highest BCUT2D eigenvalue weighted by atomic mass is 19.1. The molecule has 0 spiro atoms. The lowest BCUT2D eigenvalue weighted by Crippen LogP contribution is -2.45. The minimum Gasteiger partial charge on any atom is -0.314 e. The van der Waals surface area contributed by atoms with E-state index in [2.05, 4.69) is 64.8 Å². The first kappa shape index (κ1) is 16.0. The first-order valence-electron chi connectivity index (χ1n) is 9.54. The second kappa shape index (κ2) is 6.49. The van der Waals surface area contributed by atoms with Gasteiger partial charge in [0.05, 0.1) is 6.67 Å². The molecule has 0 bridgehead atoms. The number of benzene rings is 4. The molecule has 0 unspecified atom stereocenters. The van der Waals surface area contributed by atoms with Crippen LogP contribution >= 0.6 is 0 Å². The molecule has 4 aromatic carbocycles. The van der Waals surface area contributed by atoms with Crippen LogP contribution < -0.4 is 5.32 Å². The van der Waals surface area contributed by atoms with Gasteiger partial charge in [-0.3, -0.25) is 9.29 Å². The van der Waals surface area contributed by atoms with Crippen molar-refractivity contribution in [2.75, 3.05) is 32.9 Å². The largest absolute Gasteiger partial charge is 0.314 e. The van der Waals surface area contributed by atoms with Crippen molar-refractivity contribution in [3.8, 4) is 0 Å². The number of alkyl halides is 1. The van der Waals surface area contributed by atoms with Crippen LogP contribution in [0.2, 0.25) is 0 Å². The number of hydrogen-bond acceptors (Lipinski definition) is 2. The van der Waals surface area contributed by atoms with Crippen LogP contribution in [0.4, 0.5) is 4.39 Å². The molecular formula is C23H23FN2. The molecule has 1 aliphatic rings. The number of nitrogens with zero attached hydrogens (tertiary/aromatic N) is 1. The molecule has 26 heavy (non-hydrogen) atoms. The Morgan fingerprint density at radius 1 is 0.846 bits per heavy atom. The van der Waals surface area contributed by atoms with Crippen molar-refractivity contribution in [2.24, 2.45) is 0 Å². The smallest absolute Gasteiger partial charge is 0.0912 e. The van der Waals surface area contributed by atoms with Crippen molar-refractivity contribution in [3.05, 3.63) is 60.2 Å². The highest BCUT2D eigenvalue weighted by molar-refractivity contribution is 6.23. The molecule has 1 saturated heterocycles. The molecule has 132 valence electrons. The van der Waals surface area contributed by atoms with Gasteiger partial charge in [0.15, 0.2) is 0 Å². The maximum absolute atomic E-state index is 13.4. The lowest BCUT2D eigenvalue weighted by atomic mass is 9.88. The van der Waals surface area contributed by atoms with Crippen LogP contribution in [0.5, 0.6) is 0 Å². The van der Waals surface area contributed by atoms with Crippen molar-refractivity contribution < 1.29 is 4.39 Å². The summed E-state index contributed by atoms with van der Waals surface area (Å²) in [5, 5.41) is 11.2. The quantitative estimate of drug-likeness (QED) is 0.529. The van der Waals surface area contributed by atoms with Gasteiger partial charge in [0.25, 0.3) is 0 Å². The van der Waals surface area contributed by atoms with E-state index in [0.717, 1.165) is 26.2 Å². The Hall–Kier alpha value is -2.23. The minimum atomic E-state index is -0.281. The zero-order valence-electron chi connectivity index (χ0n) is 14.8. The molecule has 5 rings (SSSR count). The molecule has 1 aliphatic heterocycles. The second-order valence-corrected chi connectivity index (χ2v) is 7.29. The van der Waals surface area contributed by atoms with Gasteiger partial charge >= 0.3 is 0 Å². The van der Waals surface area contributed by atoms with E-state index in [9.17, 15) is 4.39 Å². The van der Waals surface area contributed by atoms with Gasteiger partial charge in [-0.05, 0) is 44.3 Å². The van der Waals surface area contributed by atoms with Gasteiger partial charge in [-0.25, -0.2) is 0 Å². The molecule has 0 saturated carbocycles. The summed E-state index contributed by atoms with van der Waals surface area (Å²) in [5.74, 6) is 0. The second-order valence-electron chi connectivity index (χ2n) is 7.29. The summed E-state index contributed by atoms with van der Waals surface area (Å²) in [6.45, 7) is 3.64. The van der Waals surface area contributed by atoms with Crippen molar-refractivity contribution in [3.63, 3.8) is 0 Å². The van der Waals surface area contributed by atoms with E-state index >= 15 is 0 Å². The van der Waals surface area contributed by atoms with Gasteiger partial charge in [0.2, 0.25) is 0 Å². The Morgan fingerprint density at radius 2 is 1.50 bits per heavy atom. The Morgan fingerprint density at radius 3 is 2.23 bits per heavy atom. The van der Waals surface area contributed by atoms with Crippen molar-refractivity contribution in [1.29, 1.82) is 0 Å². The van der Waals surface area contributed by atoms with E-state index in [0.29, 0.717) is 6.42 Å². The molecule has 2 nitrogen and oxygen atoms in total. The first-order valence-corrected chi connectivity index (χ1v) is 9.54. The first-order chi connectivity index (χ1) is 12.9. The maximum Gasteiger partial charge on any atom is 0.0912 e. The molecule has 3 heteroatoms. The molecule has 0 radical (unpaired) electrons. The molecular weight excluding hydrogens is 323 g/mol. The van der Waals surface area contributed by atoms with Gasteiger partial charge in [-0.15, -0.1) is 0 Å². The van der Waals surface area contributed by atoms with E-state index in [1.54, 1.807) is 0 Å². The van der Waals surface area contributed by atoms with E-state index < -0.39 is 0 Å². The summed E-state index contributed by atoms with van der Waals surface area (Å²) in [4.78, 5) is 2.45. The normalized spacial score (nSPS) is 17.4. The summed E-state index contributed by atoms with van der Waals surface area (Å²) in [7, 11) is 0. The zero-order valence-corrected chi connectivity index (χ0v) is 14.8. The molecule has 1 heterocycles. The van der Waals surface area contributed by atoms with Crippen LogP contribution in [-0.2, 0) is 0 Å². The topological polar surface area (TPSA) is 15.3 Å². The molecule has 0 amide bonds. The standard InChI is InChI=1S/C23H23FN2/c24-11-10-21(26-14-12-25-13-15-26)19-8-6-18-5-4-16-2-1-3-17-7-9-20(19)23(18)22(16)17/h1-9,21,25H,10-15H2/t21-/m1/s1. The molecule has 1 atom stereocenters. The van der Waals surface area contributed by atoms with Crippen LogP contribution in [0, 0.1) is 0 Å². The fourth-order valence-electron chi connectivity index (χ4n) is 4.68. The van der Waals surface area contributed by atoms with E-state index in [-0.39, 0.29) is 12.7 Å². The van der Waals surface area contributed by atoms with Gasteiger partial charge in [-0.1, -0.05) is 54.6 Å². The summed E-state index contributed by atoms with van der Waals surface area (Å²) < 4.78 is 13.4. The van der Waals surface area contributed by atoms with Crippen LogP contribution in [0.3, 0.4) is 0 Å². The predicted molar refractivity (Wildman–Crippen MR) is 108 cm³/mol. The molecule has 1 N–H and O–H groups in total. The van der Waals surface area contributed by atoms with Crippen LogP contribution in [0.25, 0.3) is 32.3 Å². The minimum absolute atomic E-state index is 0.145. The van der Waals surface area contributed by atoms with Crippen molar-refractivity contribution >= 4 is 32.3 Å². The fraction of sp³-hybridized carbons (Fsp3) is 0.304. The van der Waals surface area contributed by atoms with Crippen LogP contribution in [0.1, 0.15) is 18.0 Å². The summed E-state index contributed by atoms with van der Waals surface area (Å²) in [6, 6.07) is 20.0. The highest BCUT2D eigenvalue weighted by Gasteiger charge is 2.24. The Kier molecular flexibility index (Phi) is 3.99. The van der Waals surface area contributed by atoms with Gasteiger partial charge in [0, 0.05) is 32.2 Å². The monoisotopic (exact) mass is 346 g/mol. The third-order valence-electron chi connectivity index (χ3n) is 5.90. The number of nitrogens with one attached hydrogen (secondary N) is 1. The van der Waals surface area contributed by atoms with Crippen LogP contribution in [0.15, 0.2) is 54.6 Å². The van der Waals surface area contributed by atoms with E-state index in [1.807, 2.05) is 0 Å². The Bertz CT molecular complexity index is 1040. The fourth-order valence-corrected chi connectivity index (χ4v) is 4.68. The van der Waals surface area contributed by atoms with E-state index in [4.69, 9.17) is 0 Å². The average Bonchev–Trinajstić information content (AvgIpc) is 2.71. The summed E-state index contributed by atoms with van der Waals surface area (Å²) in [6.07, 6.45) is 0.559. The lowest BCUT2D eigenvalue weighted by Gasteiger charge is -2.35. The summed E-state index contributed by atoms with van der Waals surface area (Å²) in [5.41, 5.74) is 1.27. The zero-order chi connectivity index (χ0) is 17.5. The van der Waals surface area contributed by atoms with Gasteiger partial charge in [0.1, 0.15) is 0 Å². The summed E-state index contributed by atoms with van der Waals surface area (Å²) >= 11 is 0. The number of halogens is 1. The van der Waals surface area contributed by atoms with Crippen molar-refractivity contribution in [2.45, 2.75) is 12.5 Å². The molecule has 1 fully saturated rings. The molecule has 4 aromatic rings. The van der Waals surface area contributed by atoms with E-state index in [1.165, 1.54) is 37.9 Å². The Balaban J connectivity index is 1.76. The third kappa shape index (κ3) is 2.46. The average molecular weight is 346 g/mol. The number of hydrogen-bond donors (Lipinski definition) is 1. The highest BCUT2D eigenvalue weighted by Crippen LogP contribution is 2.39.